The van der Waals surface area contributed by atoms with E-state index in [1.54, 1.807) is 72.8 Å². The van der Waals surface area contributed by atoms with Gasteiger partial charge in [-0.3, -0.25) is 29.4 Å². The third-order valence-corrected chi connectivity index (χ3v) is 12.0. The SMILES string of the molecule is O=C1CCC(c2ccc(N3CCN(CC4CCC(NC(=O)c5ccc(Nc6ncc(F)c(Nc7ccc(C(=O)Nc8ccccc8Cl)cc7)n6)cc5)CC4)CC3)cc2)C(=O)N1. The predicted octanol–water partition coefficient (Wildman–Crippen LogP) is 7.64. The number of imide groups is 1. The number of halogens is 2. The smallest absolute Gasteiger partial charge is 0.255 e. The number of para-hydroxylation sites is 1. The lowest BCUT2D eigenvalue weighted by Gasteiger charge is -2.39. The van der Waals surface area contributed by atoms with Crippen LogP contribution < -0.4 is 31.5 Å². The molecule has 2 aliphatic heterocycles. The van der Waals surface area contributed by atoms with Crippen molar-refractivity contribution in [2.75, 3.05) is 53.6 Å². The van der Waals surface area contributed by atoms with Gasteiger partial charge in [0.15, 0.2) is 11.6 Å². The van der Waals surface area contributed by atoms with Gasteiger partial charge in [0, 0.05) is 73.4 Å². The summed E-state index contributed by atoms with van der Waals surface area (Å²) in [6, 6.07) is 28.8. The molecule has 5 N–H and O–H groups in total. The van der Waals surface area contributed by atoms with Gasteiger partial charge in [-0.15, -0.1) is 0 Å². The number of aromatic nitrogens is 2. The van der Waals surface area contributed by atoms with Crippen molar-refractivity contribution in [2.24, 2.45) is 5.92 Å². The van der Waals surface area contributed by atoms with Crippen LogP contribution in [0.15, 0.2) is 103 Å². The van der Waals surface area contributed by atoms with E-state index in [1.807, 2.05) is 12.1 Å². The second-order valence-corrected chi connectivity index (χ2v) is 16.2. The number of amides is 4. The highest BCUT2D eigenvalue weighted by molar-refractivity contribution is 6.33. The molecule has 2 saturated heterocycles. The zero-order valence-electron chi connectivity index (χ0n) is 33.5. The van der Waals surface area contributed by atoms with Crippen molar-refractivity contribution in [2.45, 2.75) is 50.5 Å². The quantitative estimate of drug-likeness (QED) is 0.0790. The Morgan fingerprint density at radius 3 is 2.10 bits per heavy atom. The van der Waals surface area contributed by atoms with Crippen LogP contribution in [0.25, 0.3) is 0 Å². The summed E-state index contributed by atoms with van der Waals surface area (Å²) in [6.45, 7) is 4.93. The molecule has 15 heteroatoms. The van der Waals surface area contributed by atoms with E-state index < -0.39 is 5.82 Å². The van der Waals surface area contributed by atoms with Crippen molar-refractivity contribution in [3.8, 4) is 0 Å². The topological polar surface area (TPSA) is 161 Å². The summed E-state index contributed by atoms with van der Waals surface area (Å²) >= 11 is 6.15. The van der Waals surface area contributed by atoms with Gasteiger partial charge in [0.25, 0.3) is 11.8 Å². The molecule has 1 aliphatic carbocycles. The molecule has 1 aromatic heterocycles. The molecular formula is C46H47ClFN9O4. The number of piperidine rings is 1. The normalized spacial score (nSPS) is 19.4. The van der Waals surface area contributed by atoms with Crippen molar-refractivity contribution in [3.63, 3.8) is 0 Å². The minimum atomic E-state index is -0.653. The van der Waals surface area contributed by atoms with Crippen molar-refractivity contribution >= 4 is 69.7 Å². The third-order valence-electron chi connectivity index (χ3n) is 11.6. The number of carbonyl (C=O) groups is 4. The molecule has 0 radical (unpaired) electrons. The summed E-state index contributed by atoms with van der Waals surface area (Å²) in [5.74, 6) is -1.06. The molecule has 0 bridgehead atoms. The number of anilines is 6. The number of hydrogen-bond acceptors (Lipinski definition) is 10. The highest BCUT2D eigenvalue weighted by Gasteiger charge is 2.29. The monoisotopic (exact) mass is 843 g/mol. The van der Waals surface area contributed by atoms with Crippen LogP contribution in [0.1, 0.15) is 70.7 Å². The van der Waals surface area contributed by atoms with E-state index in [0.29, 0.717) is 52.0 Å². The first-order chi connectivity index (χ1) is 29.6. The van der Waals surface area contributed by atoms with Crippen LogP contribution in [0.3, 0.4) is 0 Å². The van der Waals surface area contributed by atoms with E-state index in [-0.39, 0.29) is 47.4 Å². The molecule has 4 amide bonds. The predicted molar refractivity (Wildman–Crippen MR) is 234 cm³/mol. The summed E-state index contributed by atoms with van der Waals surface area (Å²) in [7, 11) is 0. The minimum absolute atomic E-state index is 0.0493. The summed E-state index contributed by atoms with van der Waals surface area (Å²) in [5.41, 5.74) is 4.70. The number of benzene rings is 4. The Morgan fingerprint density at radius 1 is 0.770 bits per heavy atom. The molecule has 3 fully saturated rings. The first kappa shape index (κ1) is 41.4. The maximum atomic E-state index is 14.7. The number of piperazine rings is 1. The van der Waals surface area contributed by atoms with Crippen molar-refractivity contribution in [3.05, 3.63) is 131 Å². The van der Waals surface area contributed by atoms with Crippen LogP contribution in [0.4, 0.5) is 38.9 Å². The lowest BCUT2D eigenvalue weighted by Crippen LogP contribution is -2.48. The second-order valence-electron chi connectivity index (χ2n) is 15.8. The number of nitrogens with one attached hydrogen (secondary N) is 5. The molecule has 61 heavy (non-hydrogen) atoms. The molecular weight excluding hydrogens is 797 g/mol. The van der Waals surface area contributed by atoms with Crippen LogP contribution in [0.5, 0.6) is 0 Å². The highest BCUT2D eigenvalue weighted by atomic mass is 35.5. The van der Waals surface area contributed by atoms with E-state index >= 15 is 0 Å². The van der Waals surface area contributed by atoms with E-state index in [9.17, 15) is 23.6 Å². The fraction of sp³-hybridized carbons (Fsp3) is 0.304. The Kier molecular flexibility index (Phi) is 12.8. The molecule has 4 aromatic carbocycles. The highest BCUT2D eigenvalue weighted by Crippen LogP contribution is 2.30. The second kappa shape index (κ2) is 18.9. The van der Waals surface area contributed by atoms with Crippen molar-refractivity contribution < 1.29 is 23.6 Å². The zero-order chi connectivity index (χ0) is 42.3. The number of rotatable bonds is 12. The number of carbonyl (C=O) groups excluding carboxylic acids is 4. The molecule has 13 nitrogen and oxygen atoms in total. The lowest BCUT2D eigenvalue weighted by atomic mass is 9.85. The van der Waals surface area contributed by atoms with E-state index in [1.165, 1.54) is 0 Å². The molecule has 1 atom stereocenters. The first-order valence-electron chi connectivity index (χ1n) is 20.7. The fourth-order valence-corrected chi connectivity index (χ4v) is 8.37. The van der Waals surface area contributed by atoms with Crippen LogP contribution >= 0.6 is 11.6 Å². The molecule has 8 rings (SSSR count). The average molecular weight is 844 g/mol. The Bertz CT molecular complexity index is 2370. The van der Waals surface area contributed by atoms with Gasteiger partial charge in [-0.1, -0.05) is 35.9 Å². The third kappa shape index (κ3) is 10.5. The summed E-state index contributed by atoms with van der Waals surface area (Å²) in [4.78, 5) is 63.0. The van der Waals surface area contributed by atoms with Gasteiger partial charge in [-0.05, 0) is 116 Å². The number of hydrogen-bond donors (Lipinski definition) is 5. The van der Waals surface area contributed by atoms with E-state index in [0.717, 1.165) is 75.9 Å². The maximum absolute atomic E-state index is 14.7. The van der Waals surface area contributed by atoms with Crippen LogP contribution in [0.2, 0.25) is 5.02 Å². The summed E-state index contributed by atoms with van der Waals surface area (Å²) in [6.07, 6.45) is 6.01. The van der Waals surface area contributed by atoms with E-state index in [4.69, 9.17) is 11.6 Å². The fourth-order valence-electron chi connectivity index (χ4n) is 8.19. The standard InChI is InChI=1S/C46H47ClFN9O4/c47-38-3-1-2-4-40(38)53-44(60)32-7-15-33(16-8-32)50-42-39(48)27-49-46(55-42)52-35-17-9-31(10-18-35)43(59)51-34-13-5-29(6-14-34)28-56-23-25-57(26-24-56)36-19-11-30(12-20-36)37-21-22-41(58)54-45(37)61/h1-4,7-12,15-20,27,29,34,37H,5-6,13-14,21-26,28H2,(H,51,59)(H,53,60)(H,54,58,61)(H2,49,50,52,55). The molecule has 5 aromatic rings. The molecule has 1 saturated carbocycles. The largest absolute Gasteiger partial charge is 0.369 e. The Balaban J connectivity index is 0.754. The van der Waals surface area contributed by atoms with E-state index in [2.05, 4.69) is 58.5 Å². The molecule has 1 unspecified atom stereocenters. The summed E-state index contributed by atoms with van der Waals surface area (Å²) < 4.78 is 14.7. The molecule has 3 heterocycles. The molecule has 3 aliphatic rings. The molecule has 314 valence electrons. The molecule has 0 spiro atoms. The van der Waals surface area contributed by atoms with Gasteiger partial charge in [-0.2, -0.15) is 4.98 Å². The Hall–Kier alpha value is -6.38. The van der Waals surface area contributed by atoms with Crippen molar-refractivity contribution in [1.82, 2.24) is 25.5 Å². The Labute approximate surface area is 358 Å². The zero-order valence-corrected chi connectivity index (χ0v) is 34.3. The first-order valence-corrected chi connectivity index (χ1v) is 21.1. The van der Waals surface area contributed by atoms with Crippen LogP contribution in [-0.2, 0) is 9.59 Å². The van der Waals surface area contributed by atoms with Crippen LogP contribution in [-0.4, -0.2) is 77.3 Å². The van der Waals surface area contributed by atoms with Gasteiger partial charge in [0.1, 0.15) is 0 Å². The summed E-state index contributed by atoms with van der Waals surface area (Å²) in [5, 5.41) is 14.9. The van der Waals surface area contributed by atoms with Crippen LogP contribution in [0, 0.1) is 11.7 Å². The maximum Gasteiger partial charge on any atom is 0.255 e. The van der Waals surface area contributed by atoms with Gasteiger partial charge >= 0.3 is 0 Å². The minimum Gasteiger partial charge on any atom is -0.369 e. The van der Waals surface area contributed by atoms with Crippen molar-refractivity contribution in [1.29, 1.82) is 0 Å². The Morgan fingerprint density at radius 2 is 1.43 bits per heavy atom. The van der Waals surface area contributed by atoms with Gasteiger partial charge in [0.05, 0.1) is 22.8 Å². The van der Waals surface area contributed by atoms with Gasteiger partial charge < -0.3 is 26.2 Å². The van der Waals surface area contributed by atoms with Gasteiger partial charge in [-0.25, -0.2) is 9.37 Å². The lowest BCUT2D eigenvalue weighted by molar-refractivity contribution is -0.134. The average Bonchev–Trinajstić information content (AvgIpc) is 3.27. The number of nitrogens with zero attached hydrogens (tertiary/aromatic N) is 4. The van der Waals surface area contributed by atoms with Gasteiger partial charge in [0.2, 0.25) is 17.8 Å².